The molecule has 3 aromatic carbocycles. The minimum Gasteiger partial charge on any atom is -0.494 e. The highest BCUT2D eigenvalue weighted by Gasteiger charge is 2.15. The number of benzene rings is 3. The molecule has 3 aromatic rings. The standard InChI is InChI=1S/C39H42O9/c1-3-32(41)13-9-5-7-11-25-45-34-19-15-29(16-20-34)38(43)47-36-23-24-37(31(27-36)28-40)48-39(44)30-17-21-35(22-18-30)46-26-12-8-6-10-14-33(42)4-2/h3-4,15-24,27-28H,1-2,5-14,25-26H2. The molecule has 9 nitrogen and oxygen atoms in total. The van der Waals surface area contributed by atoms with Crippen LogP contribution in [0.5, 0.6) is 23.0 Å². The summed E-state index contributed by atoms with van der Waals surface area (Å²) < 4.78 is 22.3. The molecule has 9 heteroatoms. The molecule has 0 spiro atoms. The van der Waals surface area contributed by atoms with Crippen LogP contribution in [0, 0.1) is 0 Å². The van der Waals surface area contributed by atoms with Gasteiger partial charge in [0.2, 0.25) is 0 Å². The molecule has 0 amide bonds. The molecule has 0 radical (unpaired) electrons. The van der Waals surface area contributed by atoms with Crippen LogP contribution in [-0.4, -0.2) is 43.0 Å². The number of hydrogen-bond donors (Lipinski definition) is 0. The minimum atomic E-state index is -0.661. The number of rotatable bonds is 23. The zero-order valence-corrected chi connectivity index (χ0v) is 27.2. The Morgan fingerprint density at radius 3 is 1.44 bits per heavy atom. The monoisotopic (exact) mass is 654 g/mol. The van der Waals surface area contributed by atoms with E-state index in [1.165, 1.54) is 30.4 Å². The first-order valence-electron chi connectivity index (χ1n) is 16.1. The van der Waals surface area contributed by atoms with Crippen molar-refractivity contribution >= 4 is 29.8 Å². The molecule has 0 N–H and O–H groups in total. The van der Waals surface area contributed by atoms with Gasteiger partial charge >= 0.3 is 11.9 Å². The maximum Gasteiger partial charge on any atom is 0.343 e. The molecule has 0 fully saturated rings. The van der Waals surface area contributed by atoms with Crippen LogP contribution in [0.4, 0.5) is 0 Å². The highest BCUT2D eigenvalue weighted by atomic mass is 16.5. The summed E-state index contributed by atoms with van der Waals surface area (Å²) in [6, 6.07) is 17.2. The fourth-order valence-electron chi connectivity index (χ4n) is 4.57. The molecule has 0 aliphatic heterocycles. The largest absolute Gasteiger partial charge is 0.494 e. The molecule has 0 unspecified atom stereocenters. The normalized spacial score (nSPS) is 10.4. The first-order chi connectivity index (χ1) is 23.3. The van der Waals surface area contributed by atoms with Crippen molar-refractivity contribution in [2.24, 2.45) is 0 Å². The van der Waals surface area contributed by atoms with E-state index in [9.17, 15) is 24.0 Å². The SMILES string of the molecule is C=CC(=O)CCCCCCOc1ccc(C(=O)Oc2ccc(OC(=O)c3ccc(OCCCCCCC(=O)C=C)cc3)c(C=O)c2)cc1. The van der Waals surface area contributed by atoms with Crippen LogP contribution in [0.2, 0.25) is 0 Å². The Balaban J connectivity index is 1.42. The van der Waals surface area contributed by atoms with E-state index in [1.807, 2.05) is 0 Å². The Hall–Kier alpha value is -5.31. The molecular weight excluding hydrogens is 612 g/mol. The van der Waals surface area contributed by atoms with E-state index in [0.29, 0.717) is 49.4 Å². The van der Waals surface area contributed by atoms with Gasteiger partial charge in [0.25, 0.3) is 0 Å². The highest BCUT2D eigenvalue weighted by Crippen LogP contribution is 2.25. The summed E-state index contributed by atoms with van der Waals surface area (Å²) in [6.45, 7) is 7.98. The predicted octanol–water partition coefficient (Wildman–Crippen LogP) is 8.11. The molecule has 0 aromatic heterocycles. The molecule has 0 aliphatic carbocycles. The predicted molar refractivity (Wildman–Crippen MR) is 182 cm³/mol. The van der Waals surface area contributed by atoms with Crippen molar-refractivity contribution in [1.29, 1.82) is 0 Å². The smallest absolute Gasteiger partial charge is 0.343 e. The topological polar surface area (TPSA) is 122 Å². The van der Waals surface area contributed by atoms with Gasteiger partial charge in [-0.15, -0.1) is 0 Å². The maximum absolute atomic E-state index is 12.7. The molecule has 0 heterocycles. The molecule has 3 rings (SSSR count). The number of hydrogen-bond acceptors (Lipinski definition) is 9. The van der Waals surface area contributed by atoms with E-state index in [0.717, 1.165) is 51.4 Å². The summed E-state index contributed by atoms with van der Waals surface area (Å²) >= 11 is 0. The van der Waals surface area contributed by atoms with Gasteiger partial charge in [-0.2, -0.15) is 0 Å². The lowest BCUT2D eigenvalue weighted by Crippen LogP contribution is -2.11. The zero-order chi connectivity index (χ0) is 34.6. The third-order valence-corrected chi connectivity index (χ3v) is 7.33. The van der Waals surface area contributed by atoms with Crippen molar-refractivity contribution < 1.29 is 42.9 Å². The summed E-state index contributed by atoms with van der Waals surface area (Å²) in [5, 5.41) is 0. The first kappa shape index (κ1) is 37.2. The lowest BCUT2D eigenvalue weighted by atomic mass is 10.1. The van der Waals surface area contributed by atoms with Crippen LogP contribution in [0.3, 0.4) is 0 Å². The van der Waals surface area contributed by atoms with Crippen LogP contribution in [0.25, 0.3) is 0 Å². The van der Waals surface area contributed by atoms with Gasteiger partial charge in [-0.25, -0.2) is 9.59 Å². The number of ketones is 2. The second-order valence-corrected chi connectivity index (χ2v) is 11.0. The van der Waals surface area contributed by atoms with Crippen LogP contribution < -0.4 is 18.9 Å². The maximum atomic E-state index is 12.7. The Kier molecular flexibility index (Phi) is 16.1. The lowest BCUT2D eigenvalue weighted by molar-refractivity contribution is -0.115. The molecule has 48 heavy (non-hydrogen) atoms. The molecular formula is C39H42O9. The van der Waals surface area contributed by atoms with Gasteiger partial charge < -0.3 is 18.9 Å². The molecule has 0 bridgehead atoms. The van der Waals surface area contributed by atoms with Crippen molar-refractivity contribution in [2.45, 2.75) is 64.2 Å². The molecule has 0 saturated carbocycles. The number of allylic oxidation sites excluding steroid dienone is 2. The van der Waals surface area contributed by atoms with Crippen molar-refractivity contribution in [3.05, 3.63) is 109 Å². The van der Waals surface area contributed by atoms with Crippen molar-refractivity contribution in [3.8, 4) is 23.0 Å². The number of carbonyl (C=O) groups excluding carboxylic acids is 5. The van der Waals surface area contributed by atoms with Crippen molar-refractivity contribution in [3.63, 3.8) is 0 Å². The quantitative estimate of drug-likeness (QED) is 0.0328. The number of ether oxygens (including phenoxy) is 4. The number of carbonyl (C=O) groups is 5. The van der Waals surface area contributed by atoms with Gasteiger partial charge in [0.15, 0.2) is 17.9 Å². The highest BCUT2D eigenvalue weighted by molar-refractivity contribution is 5.94. The summed E-state index contributed by atoms with van der Waals surface area (Å²) in [7, 11) is 0. The number of aldehydes is 1. The summed E-state index contributed by atoms with van der Waals surface area (Å²) in [4.78, 5) is 59.7. The van der Waals surface area contributed by atoms with E-state index in [4.69, 9.17) is 18.9 Å². The van der Waals surface area contributed by atoms with Gasteiger partial charge in [0, 0.05) is 12.8 Å². The van der Waals surface area contributed by atoms with Gasteiger partial charge in [0.05, 0.1) is 29.9 Å². The van der Waals surface area contributed by atoms with Crippen molar-refractivity contribution in [2.75, 3.05) is 13.2 Å². The zero-order valence-electron chi connectivity index (χ0n) is 27.2. The van der Waals surface area contributed by atoms with Crippen LogP contribution in [-0.2, 0) is 9.59 Å². The Morgan fingerprint density at radius 2 is 0.979 bits per heavy atom. The van der Waals surface area contributed by atoms with Gasteiger partial charge in [0.1, 0.15) is 23.0 Å². The van der Waals surface area contributed by atoms with E-state index in [2.05, 4.69) is 13.2 Å². The van der Waals surface area contributed by atoms with Crippen LogP contribution in [0.1, 0.15) is 95.3 Å². The van der Waals surface area contributed by atoms with E-state index < -0.39 is 11.9 Å². The molecule has 0 aliphatic rings. The first-order valence-corrected chi connectivity index (χ1v) is 16.1. The third-order valence-electron chi connectivity index (χ3n) is 7.33. The third kappa shape index (κ3) is 13.2. The van der Waals surface area contributed by atoms with Crippen molar-refractivity contribution in [1.82, 2.24) is 0 Å². The second kappa shape index (κ2) is 20.7. The Bertz CT molecular complexity index is 1540. The fourth-order valence-corrected chi connectivity index (χ4v) is 4.57. The molecule has 0 saturated heterocycles. The number of esters is 2. The van der Waals surface area contributed by atoms with Gasteiger partial charge in [-0.05, 0) is 105 Å². The Morgan fingerprint density at radius 1 is 0.542 bits per heavy atom. The summed E-state index contributed by atoms with van der Waals surface area (Å²) in [5.74, 6) is 0.201. The van der Waals surface area contributed by atoms with Gasteiger partial charge in [-0.1, -0.05) is 38.8 Å². The van der Waals surface area contributed by atoms with E-state index >= 15 is 0 Å². The average Bonchev–Trinajstić information content (AvgIpc) is 3.11. The van der Waals surface area contributed by atoms with Gasteiger partial charge in [-0.3, -0.25) is 14.4 Å². The van der Waals surface area contributed by atoms with Crippen LogP contribution in [0.15, 0.2) is 92.0 Å². The average molecular weight is 655 g/mol. The summed E-state index contributed by atoms with van der Waals surface area (Å²) in [6.07, 6.45) is 11.4. The lowest BCUT2D eigenvalue weighted by Gasteiger charge is -2.10. The molecule has 252 valence electrons. The fraction of sp³-hybridized carbons (Fsp3) is 0.308. The Labute approximate surface area is 281 Å². The number of unbranched alkanes of at least 4 members (excludes halogenated alkanes) is 6. The minimum absolute atomic E-state index is 0.0247. The van der Waals surface area contributed by atoms with E-state index in [1.54, 1.807) is 48.5 Å². The van der Waals surface area contributed by atoms with E-state index in [-0.39, 0.29) is 34.2 Å². The van der Waals surface area contributed by atoms with Crippen LogP contribution >= 0.6 is 0 Å². The molecule has 0 atom stereocenters. The second-order valence-electron chi connectivity index (χ2n) is 11.0. The summed E-state index contributed by atoms with van der Waals surface area (Å²) in [5.41, 5.74) is 0.603.